The summed E-state index contributed by atoms with van der Waals surface area (Å²) >= 11 is 3.06. The van der Waals surface area contributed by atoms with E-state index in [-0.39, 0.29) is 5.82 Å². The first-order valence-corrected chi connectivity index (χ1v) is 7.62. The Labute approximate surface area is 119 Å². The van der Waals surface area contributed by atoms with Gasteiger partial charge < -0.3 is 5.11 Å². The predicted octanol–water partition coefficient (Wildman–Crippen LogP) is 4.80. The number of aryl methyl sites for hydroxylation is 2. The number of aliphatic hydroxyl groups is 1. The smallest absolute Gasteiger partial charge is 0.124 e. The summed E-state index contributed by atoms with van der Waals surface area (Å²) in [7, 11) is 0. The molecule has 2 aromatic heterocycles. The van der Waals surface area contributed by atoms with Gasteiger partial charge >= 0.3 is 0 Å². The first kappa shape index (κ1) is 12.8. The van der Waals surface area contributed by atoms with Crippen LogP contribution in [0.5, 0.6) is 0 Å². The largest absolute Gasteiger partial charge is 0.382 e. The number of rotatable bonds is 2. The van der Waals surface area contributed by atoms with Gasteiger partial charge in [-0.3, -0.25) is 0 Å². The molecule has 1 atom stereocenters. The van der Waals surface area contributed by atoms with E-state index >= 15 is 0 Å². The molecule has 0 saturated heterocycles. The van der Waals surface area contributed by atoms with E-state index in [1.165, 1.54) is 28.3 Å². The van der Waals surface area contributed by atoms with Crippen molar-refractivity contribution in [1.29, 1.82) is 0 Å². The Bertz CT molecular complexity index is 742. The maximum Gasteiger partial charge on any atom is 0.124 e. The molecule has 0 radical (unpaired) electrons. The predicted molar refractivity (Wildman–Crippen MR) is 79.6 cm³/mol. The van der Waals surface area contributed by atoms with Crippen molar-refractivity contribution in [1.82, 2.24) is 0 Å². The molecule has 1 nitrogen and oxygen atoms in total. The van der Waals surface area contributed by atoms with Gasteiger partial charge in [0.25, 0.3) is 0 Å². The van der Waals surface area contributed by atoms with Crippen LogP contribution in [-0.2, 0) is 0 Å². The highest BCUT2D eigenvalue weighted by Gasteiger charge is 2.18. The number of benzene rings is 1. The van der Waals surface area contributed by atoms with Crippen LogP contribution in [0, 0.1) is 19.7 Å². The molecule has 0 fully saturated rings. The Hall–Kier alpha value is -1.23. The monoisotopic (exact) mass is 292 g/mol. The fourth-order valence-corrected chi connectivity index (χ4v) is 4.42. The maximum absolute atomic E-state index is 13.2. The van der Waals surface area contributed by atoms with Crippen LogP contribution < -0.4 is 0 Å². The SMILES string of the molecule is Cc1cc(C)c(C(O)c2cc3ccc(F)cc3s2)s1. The lowest BCUT2D eigenvalue weighted by Crippen LogP contribution is -1.95. The number of fused-ring (bicyclic) bond motifs is 1. The summed E-state index contributed by atoms with van der Waals surface area (Å²) in [4.78, 5) is 3.04. The lowest BCUT2D eigenvalue weighted by atomic mass is 10.1. The average molecular weight is 292 g/mol. The summed E-state index contributed by atoms with van der Waals surface area (Å²) in [6.07, 6.45) is -0.612. The van der Waals surface area contributed by atoms with Crippen LogP contribution in [0.4, 0.5) is 4.39 Å². The molecule has 0 bridgehead atoms. The fourth-order valence-electron chi connectivity index (χ4n) is 2.22. The van der Waals surface area contributed by atoms with E-state index in [0.717, 1.165) is 25.4 Å². The van der Waals surface area contributed by atoms with Crippen LogP contribution >= 0.6 is 22.7 Å². The molecular weight excluding hydrogens is 279 g/mol. The van der Waals surface area contributed by atoms with Gasteiger partial charge in [0.15, 0.2) is 0 Å². The van der Waals surface area contributed by atoms with E-state index in [4.69, 9.17) is 0 Å². The van der Waals surface area contributed by atoms with Gasteiger partial charge in [0, 0.05) is 19.3 Å². The molecule has 98 valence electrons. The Morgan fingerprint density at radius 1 is 1.11 bits per heavy atom. The van der Waals surface area contributed by atoms with Crippen LogP contribution in [0.15, 0.2) is 30.3 Å². The molecule has 2 heterocycles. The number of thiophene rings is 2. The van der Waals surface area contributed by atoms with Crippen molar-refractivity contribution in [3.8, 4) is 0 Å². The van der Waals surface area contributed by atoms with E-state index in [2.05, 4.69) is 6.07 Å². The van der Waals surface area contributed by atoms with E-state index in [9.17, 15) is 9.50 Å². The second-order valence-corrected chi connectivity index (χ2v) is 7.04. The van der Waals surface area contributed by atoms with Crippen molar-refractivity contribution in [2.24, 2.45) is 0 Å². The quantitative estimate of drug-likeness (QED) is 0.719. The average Bonchev–Trinajstić information content (AvgIpc) is 2.91. The third-order valence-corrected chi connectivity index (χ3v) is 5.45. The van der Waals surface area contributed by atoms with Crippen molar-refractivity contribution in [2.45, 2.75) is 20.0 Å². The number of aliphatic hydroxyl groups excluding tert-OH is 1. The molecule has 1 N–H and O–H groups in total. The summed E-state index contributed by atoms with van der Waals surface area (Å²) in [5.41, 5.74) is 1.11. The van der Waals surface area contributed by atoms with E-state index in [1.807, 2.05) is 19.9 Å². The molecule has 0 aliphatic carbocycles. The van der Waals surface area contributed by atoms with Gasteiger partial charge in [0.05, 0.1) is 0 Å². The summed E-state index contributed by atoms with van der Waals surface area (Å²) in [6, 6.07) is 8.74. The molecule has 19 heavy (non-hydrogen) atoms. The van der Waals surface area contributed by atoms with Crippen LogP contribution in [0.25, 0.3) is 10.1 Å². The molecular formula is C15H13FOS2. The van der Waals surface area contributed by atoms with Crippen molar-refractivity contribution < 1.29 is 9.50 Å². The standard InChI is InChI=1S/C15H13FOS2/c1-8-5-9(2)18-15(8)14(17)13-6-10-3-4-11(16)7-12(10)19-13/h3-7,14,17H,1-2H3. The Kier molecular flexibility index (Phi) is 3.17. The minimum atomic E-state index is -0.612. The van der Waals surface area contributed by atoms with Crippen molar-refractivity contribution in [3.05, 3.63) is 56.3 Å². The molecule has 1 aromatic carbocycles. The fraction of sp³-hybridized carbons (Fsp3) is 0.200. The topological polar surface area (TPSA) is 20.2 Å². The van der Waals surface area contributed by atoms with Crippen LogP contribution in [0.2, 0.25) is 0 Å². The summed E-state index contributed by atoms with van der Waals surface area (Å²) in [5.74, 6) is -0.237. The van der Waals surface area contributed by atoms with Crippen LogP contribution in [0.3, 0.4) is 0 Å². The molecule has 0 saturated carbocycles. The second kappa shape index (κ2) is 4.71. The maximum atomic E-state index is 13.2. The Balaban J connectivity index is 2.06. The van der Waals surface area contributed by atoms with Gasteiger partial charge in [-0.15, -0.1) is 22.7 Å². The second-order valence-electron chi connectivity index (χ2n) is 4.64. The Morgan fingerprint density at radius 2 is 1.89 bits per heavy atom. The Morgan fingerprint density at radius 3 is 2.58 bits per heavy atom. The zero-order valence-electron chi connectivity index (χ0n) is 10.6. The molecule has 0 aliphatic rings. The van der Waals surface area contributed by atoms with Crippen LogP contribution in [0.1, 0.15) is 26.3 Å². The van der Waals surface area contributed by atoms with Crippen LogP contribution in [-0.4, -0.2) is 5.11 Å². The van der Waals surface area contributed by atoms with Crippen molar-refractivity contribution in [2.75, 3.05) is 0 Å². The van der Waals surface area contributed by atoms with E-state index in [0.29, 0.717) is 0 Å². The van der Waals surface area contributed by atoms with E-state index in [1.54, 1.807) is 17.4 Å². The minimum Gasteiger partial charge on any atom is -0.382 e. The van der Waals surface area contributed by atoms with Gasteiger partial charge in [-0.05, 0) is 49.1 Å². The zero-order chi connectivity index (χ0) is 13.6. The highest BCUT2D eigenvalue weighted by Crippen LogP contribution is 2.37. The summed E-state index contributed by atoms with van der Waals surface area (Å²) < 4.78 is 14.1. The first-order valence-electron chi connectivity index (χ1n) is 5.98. The third-order valence-electron chi connectivity index (χ3n) is 3.10. The molecule has 4 heteroatoms. The highest BCUT2D eigenvalue weighted by molar-refractivity contribution is 7.19. The summed E-state index contributed by atoms with van der Waals surface area (Å²) in [5, 5.41) is 11.5. The number of hydrogen-bond donors (Lipinski definition) is 1. The van der Waals surface area contributed by atoms with Gasteiger partial charge in [-0.2, -0.15) is 0 Å². The van der Waals surface area contributed by atoms with E-state index < -0.39 is 6.10 Å². The van der Waals surface area contributed by atoms with Gasteiger partial charge in [0.2, 0.25) is 0 Å². The van der Waals surface area contributed by atoms with Gasteiger partial charge in [-0.25, -0.2) is 4.39 Å². The normalized spacial score (nSPS) is 13.1. The molecule has 3 rings (SSSR count). The molecule has 3 aromatic rings. The molecule has 1 unspecified atom stereocenters. The van der Waals surface area contributed by atoms with Gasteiger partial charge in [-0.1, -0.05) is 6.07 Å². The molecule has 0 aliphatic heterocycles. The summed E-state index contributed by atoms with van der Waals surface area (Å²) in [6.45, 7) is 4.04. The zero-order valence-corrected chi connectivity index (χ0v) is 12.2. The van der Waals surface area contributed by atoms with Crippen molar-refractivity contribution in [3.63, 3.8) is 0 Å². The lowest BCUT2D eigenvalue weighted by molar-refractivity contribution is 0.227. The molecule has 0 amide bonds. The highest BCUT2D eigenvalue weighted by atomic mass is 32.1. The third kappa shape index (κ3) is 2.31. The number of halogens is 1. The van der Waals surface area contributed by atoms with Crippen molar-refractivity contribution >= 4 is 32.8 Å². The molecule has 0 spiro atoms. The van der Waals surface area contributed by atoms with Gasteiger partial charge in [0.1, 0.15) is 11.9 Å². The first-order chi connectivity index (χ1) is 9.04. The minimum absolute atomic E-state index is 0.237. The lowest BCUT2D eigenvalue weighted by Gasteiger charge is -2.06. The number of hydrogen-bond acceptors (Lipinski definition) is 3.